The van der Waals surface area contributed by atoms with Gasteiger partial charge in [-0.05, 0) is 0 Å². The third kappa shape index (κ3) is 3.41. The van der Waals surface area contributed by atoms with Crippen LogP contribution in [-0.4, -0.2) is 43.5 Å². The molecule has 5 heteroatoms. The third-order valence-electron chi connectivity index (χ3n) is 2.07. The number of hydrogen-bond acceptors (Lipinski definition) is 3. The molecule has 0 amide bonds. The van der Waals surface area contributed by atoms with Crippen LogP contribution in [0.25, 0.3) is 0 Å². The van der Waals surface area contributed by atoms with Crippen molar-refractivity contribution >= 4 is 5.97 Å². The van der Waals surface area contributed by atoms with Crippen molar-refractivity contribution in [3.8, 4) is 0 Å². The zero-order valence-electron chi connectivity index (χ0n) is 8.00. The Morgan fingerprint density at radius 1 is 1.64 bits per heavy atom. The van der Waals surface area contributed by atoms with Gasteiger partial charge in [0.05, 0.1) is 13.7 Å². The van der Waals surface area contributed by atoms with Crippen molar-refractivity contribution in [3.05, 3.63) is 12.2 Å². The van der Waals surface area contributed by atoms with Gasteiger partial charge in [0.2, 0.25) is 0 Å². The van der Waals surface area contributed by atoms with Crippen LogP contribution in [0.4, 0.5) is 8.78 Å². The molecule has 0 aromatic rings. The lowest BCUT2D eigenvalue weighted by Gasteiger charge is -2.12. The van der Waals surface area contributed by atoms with Crippen LogP contribution in [0, 0.1) is 0 Å². The first-order chi connectivity index (χ1) is 6.53. The van der Waals surface area contributed by atoms with Gasteiger partial charge in [-0.2, -0.15) is 0 Å². The molecule has 0 N–H and O–H groups in total. The fraction of sp³-hybridized carbons (Fsp3) is 0.667. The molecule has 1 aliphatic heterocycles. The lowest BCUT2D eigenvalue weighted by Crippen LogP contribution is -2.25. The molecule has 0 aromatic carbocycles. The third-order valence-corrected chi connectivity index (χ3v) is 2.07. The van der Waals surface area contributed by atoms with Crippen molar-refractivity contribution in [1.82, 2.24) is 4.90 Å². The van der Waals surface area contributed by atoms with E-state index < -0.39 is 11.9 Å². The number of esters is 1. The monoisotopic (exact) mass is 205 g/mol. The Bertz CT molecular complexity index is 241. The smallest absolute Gasteiger partial charge is 0.330 e. The van der Waals surface area contributed by atoms with Crippen molar-refractivity contribution < 1.29 is 18.3 Å². The summed E-state index contributed by atoms with van der Waals surface area (Å²) in [7, 11) is 1.27. The summed E-state index contributed by atoms with van der Waals surface area (Å²) < 4.78 is 29.7. The van der Waals surface area contributed by atoms with Crippen LogP contribution < -0.4 is 0 Å². The summed E-state index contributed by atoms with van der Waals surface area (Å²) >= 11 is 0. The number of carbonyl (C=O) groups is 1. The van der Waals surface area contributed by atoms with E-state index in [9.17, 15) is 13.6 Å². The Kier molecular flexibility index (Phi) is 3.57. The lowest BCUT2D eigenvalue weighted by molar-refractivity contribution is -0.134. The van der Waals surface area contributed by atoms with E-state index in [1.165, 1.54) is 19.3 Å². The van der Waals surface area contributed by atoms with Gasteiger partial charge in [0, 0.05) is 25.6 Å². The fourth-order valence-electron chi connectivity index (χ4n) is 1.33. The molecular weight excluding hydrogens is 192 g/mol. The van der Waals surface area contributed by atoms with Crippen LogP contribution in [0.5, 0.6) is 0 Å². The largest absolute Gasteiger partial charge is 0.466 e. The quantitative estimate of drug-likeness (QED) is 0.509. The highest BCUT2D eigenvalue weighted by molar-refractivity contribution is 5.81. The standard InChI is InChI=1S/C9H13F2NO2/c1-14-8(13)3-2-5-12-6-4-9(10,11)7-12/h2-3H,4-7H2,1H3/b3-2+. The van der Waals surface area contributed by atoms with Gasteiger partial charge in [-0.15, -0.1) is 0 Å². The summed E-state index contributed by atoms with van der Waals surface area (Å²) in [5.41, 5.74) is 0. The molecule has 0 saturated carbocycles. The highest BCUT2D eigenvalue weighted by Crippen LogP contribution is 2.26. The van der Waals surface area contributed by atoms with E-state index >= 15 is 0 Å². The number of hydrogen-bond donors (Lipinski definition) is 0. The second-order valence-electron chi connectivity index (χ2n) is 3.27. The second kappa shape index (κ2) is 4.50. The molecule has 1 aliphatic rings. The predicted octanol–water partition coefficient (Wildman–Crippen LogP) is 1.06. The summed E-state index contributed by atoms with van der Waals surface area (Å²) in [6, 6.07) is 0. The molecule has 14 heavy (non-hydrogen) atoms. The minimum absolute atomic E-state index is 0.0982. The normalized spacial score (nSPS) is 21.6. The lowest BCUT2D eigenvalue weighted by atomic mass is 10.3. The molecule has 0 atom stereocenters. The molecule has 1 saturated heterocycles. The summed E-state index contributed by atoms with van der Waals surface area (Å²) in [5, 5.41) is 0. The van der Waals surface area contributed by atoms with Crippen LogP contribution in [-0.2, 0) is 9.53 Å². The van der Waals surface area contributed by atoms with Crippen molar-refractivity contribution in [2.45, 2.75) is 12.3 Å². The molecule has 1 fully saturated rings. The highest BCUT2D eigenvalue weighted by Gasteiger charge is 2.37. The van der Waals surface area contributed by atoms with E-state index in [0.717, 1.165) is 0 Å². The van der Waals surface area contributed by atoms with Crippen LogP contribution >= 0.6 is 0 Å². The van der Waals surface area contributed by atoms with Gasteiger partial charge in [0.15, 0.2) is 0 Å². The summed E-state index contributed by atoms with van der Waals surface area (Å²) in [5.74, 6) is -3.03. The minimum atomic E-state index is -2.57. The zero-order chi connectivity index (χ0) is 10.6. The number of ether oxygens (including phenoxy) is 1. The van der Waals surface area contributed by atoms with E-state index in [1.54, 1.807) is 4.90 Å². The van der Waals surface area contributed by atoms with E-state index in [-0.39, 0.29) is 13.0 Å². The van der Waals surface area contributed by atoms with Gasteiger partial charge in [-0.3, -0.25) is 4.90 Å². The topological polar surface area (TPSA) is 29.5 Å². The highest BCUT2D eigenvalue weighted by atomic mass is 19.3. The van der Waals surface area contributed by atoms with Crippen LogP contribution in [0.2, 0.25) is 0 Å². The maximum Gasteiger partial charge on any atom is 0.330 e. The second-order valence-corrected chi connectivity index (χ2v) is 3.27. The van der Waals surface area contributed by atoms with Crippen LogP contribution in [0.3, 0.4) is 0 Å². The Balaban J connectivity index is 2.27. The van der Waals surface area contributed by atoms with Crippen molar-refractivity contribution in [1.29, 1.82) is 0 Å². The van der Waals surface area contributed by atoms with Gasteiger partial charge in [-0.25, -0.2) is 13.6 Å². The number of carbonyl (C=O) groups excluding carboxylic acids is 1. The molecule has 1 heterocycles. The van der Waals surface area contributed by atoms with Crippen molar-refractivity contribution in [2.75, 3.05) is 26.7 Å². The number of likely N-dealkylation sites (tertiary alicyclic amines) is 1. The Morgan fingerprint density at radius 3 is 2.86 bits per heavy atom. The van der Waals surface area contributed by atoms with Gasteiger partial charge in [0.1, 0.15) is 0 Å². The van der Waals surface area contributed by atoms with Gasteiger partial charge in [0.25, 0.3) is 5.92 Å². The molecule has 80 valence electrons. The van der Waals surface area contributed by atoms with E-state index in [1.807, 2.05) is 0 Å². The average molecular weight is 205 g/mol. The Labute approximate surface area is 81.3 Å². The maximum atomic E-state index is 12.7. The summed E-state index contributed by atoms with van der Waals surface area (Å²) in [4.78, 5) is 12.2. The zero-order valence-corrected chi connectivity index (χ0v) is 8.00. The molecule has 0 aromatic heterocycles. The first-order valence-corrected chi connectivity index (χ1v) is 4.38. The first-order valence-electron chi connectivity index (χ1n) is 4.38. The summed E-state index contributed by atoms with van der Waals surface area (Å²) in [6.07, 6.45) is 2.68. The van der Waals surface area contributed by atoms with Gasteiger partial charge in [-0.1, -0.05) is 6.08 Å². The van der Waals surface area contributed by atoms with Gasteiger partial charge < -0.3 is 4.74 Å². The fourth-order valence-corrected chi connectivity index (χ4v) is 1.33. The molecule has 0 radical (unpaired) electrons. The Hall–Kier alpha value is -0.970. The van der Waals surface area contributed by atoms with Crippen LogP contribution in [0.15, 0.2) is 12.2 Å². The van der Waals surface area contributed by atoms with E-state index in [0.29, 0.717) is 13.1 Å². The van der Waals surface area contributed by atoms with Gasteiger partial charge >= 0.3 is 5.97 Å². The SMILES string of the molecule is COC(=O)/C=C/CN1CCC(F)(F)C1. The molecule has 0 unspecified atom stereocenters. The maximum absolute atomic E-state index is 12.7. The summed E-state index contributed by atoms with van der Waals surface area (Å²) in [6.45, 7) is 0.516. The van der Waals surface area contributed by atoms with E-state index in [2.05, 4.69) is 4.74 Å². The molecule has 0 spiro atoms. The van der Waals surface area contributed by atoms with E-state index in [4.69, 9.17) is 0 Å². The molecule has 1 rings (SSSR count). The number of nitrogens with zero attached hydrogens (tertiary/aromatic N) is 1. The Morgan fingerprint density at radius 2 is 2.36 bits per heavy atom. The number of methoxy groups -OCH3 is 1. The minimum Gasteiger partial charge on any atom is -0.466 e. The van der Waals surface area contributed by atoms with Crippen LogP contribution in [0.1, 0.15) is 6.42 Å². The van der Waals surface area contributed by atoms with Crippen molar-refractivity contribution in [2.24, 2.45) is 0 Å². The van der Waals surface area contributed by atoms with Crippen molar-refractivity contribution in [3.63, 3.8) is 0 Å². The number of rotatable bonds is 3. The molecule has 0 aliphatic carbocycles. The molecule has 3 nitrogen and oxygen atoms in total. The number of halogens is 2. The predicted molar refractivity (Wildman–Crippen MR) is 47.2 cm³/mol. The first kappa shape index (κ1) is 11.1. The number of alkyl halides is 2. The molecular formula is C9H13F2NO2. The average Bonchev–Trinajstić information content (AvgIpc) is 2.45. The molecule has 0 bridgehead atoms.